The summed E-state index contributed by atoms with van der Waals surface area (Å²) in [5, 5.41) is 10.4. The molecule has 0 radical (unpaired) electrons. The number of carboxylic acid groups (broad SMARTS) is 1. The number of hydrogen-bond donors (Lipinski definition) is 1. The smallest absolute Gasteiger partial charge is 0.354 e. The summed E-state index contributed by atoms with van der Waals surface area (Å²) < 4.78 is 2.07. The third-order valence-electron chi connectivity index (χ3n) is 5.86. The van der Waals surface area contributed by atoms with Gasteiger partial charge in [-0.2, -0.15) is 6.20 Å². The molecule has 5 aromatic rings. The Morgan fingerprint density at radius 3 is 2.48 bits per heavy atom. The van der Waals surface area contributed by atoms with Crippen molar-refractivity contribution in [2.75, 3.05) is 0 Å². The number of imidazole rings is 1. The Balaban J connectivity index is 0.00000259. The number of carboxylic acids is 1. The molecule has 0 spiro atoms. The first kappa shape index (κ1) is 22.9. The van der Waals surface area contributed by atoms with E-state index in [0.717, 1.165) is 38.9 Å². The second-order valence-electron chi connectivity index (χ2n) is 9.04. The molecule has 7 heteroatoms. The van der Waals surface area contributed by atoms with Gasteiger partial charge < -0.3 is 14.7 Å². The Bertz CT molecular complexity index is 1510. The topological polar surface area (TPSA) is 82.1 Å². The molecule has 33 heavy (non-hydrogen) atoms. The van der Waals surface area contributed by atoms with Gasteiger partial charge in [-0.1, -0.05) is 51.1 Å². The zero-order valence-electron chi connectivity index (χ0n) is 18.7. The van der Waals surface area contributed by atoms with E-state index in [4.69, 9.17) is 4.98 Å². The minimum absolute atomic E-state index is 0. The molecule has 0 aliphatic carbocycles. The molecule has 0 amide bonds. The van der Waals surface area contributed by atoms with E-state index in [9.17, 15) is 9.90 Å². The van der Waals surface area contributed by atoms with Gasteiger partial charge in [0.2, 0.25) is 0 Å². The molecule has 3 aromatic heterocycles. The van der Waals surface area contributed by atoms with Gasteiger partial charge in [0.1, 0.15) is 11.5 Å². The number of hydrogen-bond acceptors (Lipinski definition) is 3. The van der Waals surface area contributed by atoms with Crippen LogP contribution in [0.4, 0.5) is 0 Å². The van der Waals surface area contributed by atoms with Gasteiger partial charge in [0.05, 0.1) is 16.7 Å². The summed E-state index contributed by atoms with van der Waals surface area (Å²) in [7, 11) is 1.99. The van der Waals surface area contributed by atoms with Crippen LogP contribution in [-0.4, -0.2) is 25.6 Å². The first-order valence-corrected chi connectivity index (χ1v) is 10.5. The van der Waals surface area contributed by atoms with Crippen LogP contribution >= 0.6 is 0 Å². The molecule has 0 fully saturated rings. The average Bonchev–Trinajstić information content (AvgIpc) is 3.37. The maximum atomic E-state index is 11.4. The van der Waals surface area contributed by atoms with Gasteiger partial charge in [-0.25, -0.2) is 14.8 Å². The Morgan fingerprint density at radius 1 is 1.00 bits per heavy atom. The minimum atomic E-state index is -1.05. The number of rotatable bonds is 3. The van der Waals surface area contributed by atoms with Crippen molar-refractivity contribution in [2.45, 2.75) is 26.2 Å². The number of nitrogens with zero attached hydrogens (tertiary/aromatic N) is 4. The van der Waals surface area contributed by atoms with Crippen molar-refractivity contribution in [1.29, 1.82) is 0 Å². The first-order valence-electron chi connectivity index (χ1n) is 10.5. The van der Waals surface area contributed by atoms with Gasteiger partial charge in [0, 0.05) is 39.2 Å². The Morgan fingerprint density at radius 2 is 1.76 bits per heavy atom. The SMILES string of the molecule is Cn1c(-c2cc(C(C)(C)C)cc3cc[n-]c23)nc2c(-c3cccc(C(=O)O)n3)cccc21.[Pt]. The third-order valence-corrected chi connectivity index (χ3v) is 5.86. The van der Waals surface area contributed by atoms with Crippen molar-refractivity contribution in [3.05, 3.63) is 72.1 Å². The summed E-state index contributed by atoms with van der Waals surface area (Å²) >= 11 is 0. The molecule has 3 heterocycles. The zero-order valence-corrected chi connectivity index (χ0v) is 21.0. The average molecular weight is 619 g/mol. The van der Waals surface area contributed by atoms with Crippen LogP contribution in [0.1, 0.15) is 36.8 Å². The van der Waals surface area contributed by atoms with Crippen LogP contribution in [0, 0.1) is 0 Å². The molecule has 0 atom stereocenters. The number of aromatic nitrogens is 4. The quantitative estimate of drug-likeness (QED) is 0.293. The van der Waals surface area contributed by atoms with Crippen molar-refractivity contribution in [3.8, 4) is 22.6 Å². The largest absolute Gasteiger partial charge is 0.663 e. The van der Waals surface area contributed by atoms with Crippen molar-refractivity contribution >= 4 is 27.9 Å². The van der Waals surface area contributed by atoms with Crippen LogP contribution in [0.15, 0.2) is 60.8 Å². The molecule has 0 bridgehead atoms. The second kappa shape index (κ2) is 8.27. The van der Waals surface area contributed by atoms with E-state index in [-0.39, 0.29) is 32.2 Å². The Labute approximate surface area is 206 Å². The Kier molecular flexibility index (Phi) is 5.75. The van der Waals surface area contributed by atoms with Crippen molar-refractivity contribution < 1.29 is 31.0 Å². The molecule has 5 rings (SSSR count). The standard InChI is InChI=1S/C26H24N4O2.Pt/c1-26(2,3)16-13-15-11-12-27-22(15)18(14-16)24-29-23-17(7-5-10-21(23)30(24)4)19-8-6-9-20(28-19)25(31)32;/h5-14H,1-4H3,(H2,27,28,29,31,32);/p-1. The number of pyridine rings is 1. The molecular weight excluding hydrogens is 595 g/mol. The molecule has 0 aliphatic rings. The summed E-state index contributed by atoms with van der Waals surface area (Å²) in [6.07, 6.45) is 1.83. The van der Waals surface area contributed by atoms with Gasteiger partial charge >= 0.3 is 5.97 Å². The normalized spacial score (nSPS) is 11.6. The Hall–Kier alpha value is -3.24. The molecule has 170 valence electrons. The van der Waals surface area contributed by atoms with Crippen LogP contribution in [0.5, 0.6) is 0 Å². The van der Waals surface area contributed by atoms with Crippen LogP contribution in [0.25, 0.3) is 44.6 Å². The summed E-state index contributed by atoms with van der Waals surface area (Å²) in [5.74, 6) is -0.235. The van der Waals surface area contributed by atoms with E-state index >= 15 is 0 Å². The molecule has 0 saturated heterocycles. The number of carbonyl (C=O) groups is 1. The third kappa shape index (κ3) is 3.89. The predicted molar refractivity (Wildman–Crippen MR) is 126 cm³/mol. The molecule has 0 saturated carbocycles. The first-order chi connectivity index (χ1) is 15.2. The van der Waals surface area contributed by atoms with Crippen molar-refractivity contribution in [3.63, 3.8) is 0 Å². The van der Waals surface area contributed by atoms with E-state index in [2.05, 4.69) is 47.4 Å². The van der Waals surface area contributed by atoms with Gasteiger partial charge in [-0.15, -0.1) is 5.52 Å². The molecule has 1 N–H and O–H groups in total. The van der Waals surface area contributed by atoms with E-state index < -0.39 is 5.97 Å². The predicted octanol–water partition coefficient (Wildman–Crippen LogP) is 5.41. The van der Waals surface area contributed by atoms with Crippen LogP contribution in [0.3, 0.4) is 0 Å². The number of benzene rings is 2. The van der Waals surface area contributed by atoms with Crippen LogP contribution < -0.4 is 4.98 Å². The second-order valence-corrected chi connectivity index (χ2v) is 9.04. The molecule has 6 nitrogen and oxygen atoms in total. The van der Waals surface area contributed by atoms with Gasteiger partial charge in [-0.3, -0.25) is 0 Å². The van der Waals surface area contributed by atoms with Gasteiger partial charge in [-0.05, 0) is 40.6 Å². The maximum Gasteiger partial charge on any atom is 0.354 e. The number of fused-ring (bicyclic) bond motifs is 2. The number of aromatic carboxylic acids is 1. The van der Waals surface area contributed by atoms with Crippen LogP contribution in [-0.2, 0) is 33.5 Å². The summed E-state index contributed by atoms with van der Waals surface area (Å²) in [6, 6.07) is 17.3. The van der Waals surface area contributed by atoms with E-state index in [1.54, 1.807) is 6.07 Å². The number of para-hydroxylation sites is 1. The summed E-state index contributed by atoms with van der Waals surface area (Å²) in [4.78, 5) is 25.4. The van der Waals surface area contributed by atoms with Crippen molar-refractivity contribution in [2.24, 2.45) is 7.05 Å². The van der Waals surface area contributed by atoms with E-state index in [1.165, 1.54) is 11.6 Å². The molecule has 0 aliphatic heterocycles. The molecule has 0 unspecified atom stereocenters. The monoisotopic (exact) mass is 618 g/mol. The fourth-order valence-electron chi connectivity index (χ4n) is 4.09. The molecular formula is C26H23N4O2Pt-. The zero-order chi connectivity index (χ0) is 22.6. The van der Waals surface area contributed by atoms with E-state index in [0.29, 0.717) is 5.69 Å². The van der Waals surface area contributed by atoms with Gasteiger partial charge in [0.25, 0.3) is 0 Å². The van der Waals surface area contributed by atoms with Crippen molar-refractivity contribution in [1.82, 2.24) is 19.5 Å². The summed E-state index contributed by atoms with van der Waals surface area (Å²) in [5.41, 5.74) is 6.22. The maximum absolute atomic E-state index is 11.4. The van der Waals surface area contributed by atoms with Gasteiger partial charge in [0.15, 0.2) is 0 Å². The van der Waals surface area contributed by atoms with E-state index in [1.807, 2.05) is 43.6 Å². The number of aryl methyl sites for hydroxylation is 1. The minimum Gasteiger partial charge on any atom is -0.663 e. The fraction of sp³-hybridized carbons (Fsp3) is 0.192. The fourth-order valence-corrected chi connectivity index (χ4v) is 4.09. The summed E-state index contributed by atoms with van der Waals surface area (Å²) in [6.45, 7) is 6.59. The van der Waals surface area contributed by atoms with Crippen LogP contribution in [0.2, 0.25) is 0 Å². The molecule has 2 aromatic carbocycles.